The summed E-state index contributed by atoms with van der Waals surface area (Å²) in [6.45, 7) is 4.63. The maximum Gasteiger partial charge on any atom is 0.118 e. The van der Waals surface area contributed by atoms with Gasteiger partial charge < -0.3 is 10.1 Å². The van der Waals surface area contributed by atoms with Crippen LogP contribution in [-0.2, 0) is 6.42 Å². The average molecular weight is 275 g/mol. The normalized spacial score (nSPS) is 24.4. The highest BCUT2D eigenvalue weighted by Crippen LogP contribution is 2.26. The Bertz CT molecular complexity index is 379. The smallest absolute Gasteiger partial charge is 0.118 e. The first-order chi connectivity index (χ1) is 9.71. The van der Waals surface area contributed by atoms with Gasteiger partial charge >= 0.3 is 0 Å². The molecule has 0 heterocycles. The van der Waals surface area contributed by atoms with Gasteiger partial charge in [-0.05, 0) is 62.6 Å². The molecule has 1 aliphatic rings. The van der Waals surface area contributed by atoms with Crippen LogP contribution in [0.1, 0.15) is 51.5 Å². The van der Waals surface area contributed by atoms with Crippen molar-refractivity contribution >= 4 is 0 Å². The van der Waals surface area contributed by atoms with Gasteiger partial charge in [0.2, 0.25) is 0 Å². The van der Waals surface area contributed by atoms with Gasteiger partial charge in [0, 0.05) is 12.1 Å². The number of rotatable bonds is 6. The van der Waals surface area contributed by atoms with Crippen molar-refractivity contribution in [2.24, 2.45) is 5.92 Å². The molecule has 1 saturated carbocycles. The van der Waals surface area contributed by atoms with Gasteiger partial charge in [-0.15, -0.1) is 0 Å². The molecule has 0 amide bonds. The van der Waals surface area contributed by atoms with Crippen LogP contribution in [0.4, 0.5) is 0 Å². The van der Waals surface area contributed by atoms with Gasteiger partial charge in [0.1, 0.15) is 5.75 Å². The summed E-state index contributed by atoms with van der Waals surface area (Å²) < 4.78 is 5.20. The molecular weight excluding hydrogens is 246 g/mol. The second-order valence-corrected chi connectivity index (χ2v) is 6.25. The van der Waals surface area contributed by atoms with Crippen LogP contribution in [0, 0.1) is 5.92 Å². The average Bonchev–Trinajstić information content (AvgIpc) is 2.49. The SMILES string of the molecule is CCC1CCC(NC(C)Cc2ccc(OC)cc2)CC1. The third kappa shape index (κ3) is 4.52. The predicted molar refractivity (Wildman–Crippen MR) is 85.3 cm³/mol. The molecule has 0 spiro atoms. The van der Waals surface area contributed by atoms with E-state index in [-0.39, 0.29) is 0 Å². The molecule has 2 heteroatoms. The molecule has 1 aliphatic carbocycles. The Morgan fingerprint density at radius 1 is 1.15 bits per heavy atom. The molecule has 112 valence electrons. The lowest BCUT2D eigenvalue weighted by Gasteiger charge is -2.31. The van der Waals surface area contributed by atoms with Crippen molar-refractivity contribution in [2.45, 2.75) is 64.5 Å². The Kier molecular flexibility index (Phi) is 5.90. The van der Waals surface area contributed by atoms with E-state index in [2.05, 4.69) is 43.4 Å². The third-order valence-electron chi connectivity index (χ3n) is 4.65. The van der Waals surface area contributed by atoms with Gasteiger partial charge in [-0.1, -0.05) is 25.5 Å². The van der Waals surface area contributed by atoms with E-state index in [1.54, 1.807) is 7.11 Å². The van der Waals surface area contributed by atoms with Gasteiger partial charge in [0.15, 0.2) is 0 Å². The molecule has 0 saturated heterocycles. The van der Waals surface area contributed by atoms with E-state index in [0.717, 1.165) is 24.1 Å². The lowest BCUT2D eigenvalue weighted by molar-refractivity contribution is 0.272. The van der Waals surface area contributed by atoms with Gasteiger partial charge in [-0.2, -0.15) is 0 Å². The minimum absolute atomic E-state index is 0.548. The molecule has 2 rings (SSSR count). The fourth-order valence-corrected chi connectivity index (χ4v) is 3.31. The Labute approximate surface area is 123 Å². The Balaban J connectivity index is 1.76. The highest BCUT2D eigenvalue weighted by atomic mass is 16.5. The number of nitrogens with one attached hydrogen (secondary N) is 1. The van der Waals surface area contributed by atoms with E-state index in [0.29, 0.717) is 6.04 Å². The topological polar surface area (TPSA) is 21.3 Å². The van der Waals surface area contributed by atoms with Crippen molar-refractivity contribution in [3.63, 3.8) is 0 Å². The monoisotopic (exact) mass is 275 g/mol. The number of benzene rings is 1. The summed E-state index contributed by atoms with van der Waals surface area (Å²) in [4.78, 5) is 0. The van der Waals surface area contributed by atoms with Crippen LogP contribution in [0.2, 0.25) is 0 Å². The molecule has 0 aliphatic heterocycles. The zero-order chi connectivity index (χ0) is 14.4. The molecule has 1 aromatic rings. The maximum atomic E-state index is 5.20. The molecule has 1 unspecified atom stereocenters. The van der Waals surface area contributed by atoms with E-state index in [4.69, 9.17) is 4.74 Å². The zero-order valence-electron chi connectivity index (χ0n) is 13.2. The van der Waals surface area contributed by atoms with Gasteiger partial charge in [0.25, 0.3) is 0 Å². The van der Waals surface area contributed by atoms with E-state index >= 15 is 0 Å². The number of methoxy groups -OCH3 is 1. The van der Waals surface area contributed by atoms with Crippen LogP contribution >= 0.6 is 0 Å². The predicted octanol–water partition coefficient (Wildman–Crippen LogP) is 4.18. The molecule has 0 bridgehead atoms. The Morgan fingerprint density at radius 3 is 2.35 bits per heavy atom. The number of hydrogen-bond acceptors (Lipinski definition) is 2. The minimum Gasteiger partial charge on any atom is -0.497 e. The van der Waals surface area contributed by atoms with Crippen LogP contribution in [0.5, 0.6) is 5.75 Å². The fourth-order valence-electron chi connectivity index (χ4n) is 3.31. The van der Waals surface area contributed by atoms with Crippen LogP contribution in [0.3, 0.4) is 0 Å². The van der Waals surface area contributed by atoms with Crippen molar-refractivity contribution in [3.8, 4) is 5.75 Å². The maximum absolute atomic E-state index is 5.20. The molecular formula is C18H29NO. The van der Waals surface area contributed by atoms with Crippen molar-refractivity contribution < 1.29 is 4.74 Å². The van der Waals surface area contributed by atoms with Gasteiger partial charge in [-0.3, -0.25) is 0 Å². The summed E-state index contributed by atoms with van der Waals surface area (Å²) in [5.41, 5.74) is 1.38. The summed E-state index contributed by atoms with van der Waals surface area (Å²) in [7, 11) is 1.71. The number of ether oxygens (including phenoxy) is 1. The minimum atomic E-state index is 0.548. The Hall–Kier alpha value is -1.02. The fraction of sp³-hybridized carbons (Fsp3) is 0.667. The quantitative estimate of drug-likeness (QED) is 0.840. The zero-order valence-corrected chi connectivity index (χ0v) is 13.2. The third-order valence-corrected chi connectivity index (χ3v) is 4.65. The summed E-state index contributed by atoms with van der Waals surface area (Å²) in [5.74, 6) is 1.91. The first kappa shape index (κ1) is 15.4. The van der Waals surface area contributed by atoms with Crippen molar-refractivity contribution in [3.05, 3.63) is 29.8 Å². The molecule has 1 aromatic carbocycles. The van der Waals surface area contributed by atoms with Gasteiger partial charge in [-0.25, -0.2) is 0 Å². The number of hydrogen-bond donors (Lipinski definition) is 1. The molecule has 2 nitrogen and oxygen atoms in total. The largest absolute Gasteiger partial charge is 0.497 e. The summed E-state index contributed by atoms with van der Waals surface area (Å²) in [6.07, 6.45) is 7.97. The molecule has 1 fully saturated rings. The standard InChI is InChI=1S/C18H29NO/c1-4-15-5-9-17(10-6-15)19-14(2)13-16-7-11-18(20-3)12-8-16/h7-8,11-12,14-15,17,19H,4-6,9-10,13H2,1-3H3. The lowest BCUT2D eigenvalue weighted by atomic mass is 9.84. The van der Waals surface area contributed by atoms with E-state index in [1.165, 1.54) is 37.7 Å². The first-order valence-electron chi connectivity index (χ1n) is 8.10. The van der Waals surface area contributed by atoms with E-state index in [1.807, 2.05) is 0 Å². The highest BCUT2D eigenvalue weighted by molar-refractivity contribution is 5.27. The molecule has 20 heavy (non-hydrogen) atoms. The van der Waals surface area contributed by atoms with E-state index in [9.17, 15) is 0 Å². The molecule has 0 radical (unpaired) electrons. The second-order valence-electron chi connectivity index (χ2n) is 6.25. The Morgan fingerprint density at radius 2 is 1.80 bits per heavy atom. The van der Waals surface area contributed by atoms with Gasteiger partial charge in [0.05, 0.1) is 7.11 Å². The van der Waals surface area contributed by atoms with Crippen LogP contribution in [0.15, 0.2) is 24.3 Å². The molecule has 1 N–H and O–H groups in total. The lowest BCUT2D eigenvalue weighted by Crippen LogP contribution is -2.40. The highest BCUT2D eigenvalue weighted by Gasteiger charge is 2.20. The van der Waals surface area contributed by atoms with Crippen molar-refractivity contribution in [1.82, 2.24) is 5.32 Å². The van der Waals surface area contributed by atoms with E-state index < -0.39 is 0 Å². The van der Waals surface area contributed by atoms with Crippen LogP contribution in [0.25, 0.3) is 0 Å². The second kappa shape index (κ2) is 7.68. The summed E-state index contributed by atoms with van der Waals surface area (Å²) in [5, 5.41) is 3.81. The van der Waals surface area contributed by atoms with Crippen molar-refractivity contribution in [2.75, 3.05) is 7.11 Å². The van der Waals surface area contributed by atoms with Crippen LogP contribution < -0.4 is 10.1 Å². The molecule has 0 aromatic heterocycles. The molecule has 1 atom stereocenters. The van der Waals surface area contributed by atoms with Crippen LogP contribution in [-0.4, -0.2) is 19.2 Å². The summed E-state index contributed by atoms with van der Waals surface area (Å²) in [6, 6.07) is 9.72. The summed E-state index contributed by atoms with van der Waals surface area (Å²) >= 11 is 0. The first-order valence-corrected chi connectivity index (χ1v) is 8.10. The van der Waals surface area contributed by atoms with Crippen molar-refractivity contribution in [1.29, 1.82) is 0 Å².